The van der Waals surface area contributed by atoms with Gasteiger partial charge in [0.05, 0.1) is 0 Å². The van der Waals surface area contributed by atoms with E-state index in [1.807, 2.05) is 0 Å². The van der Waals surface area contributed by atoms with Gasteiger partial charge in [-0.1, -0.05) is 41.0 Å². The van der Waals surface area contributed by atoms with Crippen molar-refractivity contribution in [2.24, 2.45) is 35.0 Å². The van der Waals surface area contributed by atoms with Crippen LogP contribution in [0.1, 0.15) is 66.7 Å². The van der Waals surface area contributed by atoms with Gasteiger partial charge >= 0.3 is 0 Å². The molecule has 0 amide bonds. The zero-order valence-corrected chi connectivity index (χ0v) is 13.8. The summed E-state index contributed by atoms with van der Waals surface area (Å²) in [6, 6.07) is 0. The van der Waals surface area contributed by atoms with Gasteiger partial charge in [0.2, 0.25) is 0 Å². The Morgan fingerprint density at radius 1 is 1.05 bits per heavy atom. The van der Waals surface area contributed by atoms with Crippen LogP contribution in [-0.4, -0.2) is 13.1 Å². The fraction of sp³-hybridized carbons (Fsp3) is 1.00. The lowest BCUT2D eigenvalue weighted by molar-refractivity contribution is 0.162. The summed E-state index contributed by atoms with van der Waals surface area (Å²) in [5.41, 5.74) is 0.450. The van der Waals surface area contributed by atoms with E-state index in [-0.39, 0.29) is 0 Å². The Hall–Kier alpha value is -0.0400. The molecule has 1 nitrogen and oxygen atoms in total. The highest BCUT2D eigenvalue weighted by Gasteiger charge is 2.41. The lowest BCUT2D eigenvalue weighted by atomic mass is 9.72. The summed E-state index contributed by atoms with van der Waals surface area (Å²) in [7, 11) is 0. The van der Waals surface area contributed by atoms with E-state index in [1.165, 1.54) is 32.4 Å². The van der Waals surface area contributed by atoms with E-state index >= 15 is 0 Å². The van der Waals surface area contributed by atoms with Gasteiger partial charge in [-0.2, -0.15) is 0 Å². The monoisotopic (exact) mass is 265 g/mol. The minimum atomic E-state index is 0.450. The van der Waals surface area contributed by atoms with Crippen molar-refractivity contribution < 1.29 is 0 Å². The summed E-state index contributed by atoms with van der Waals surface area (Å²) in [5.74, 6) is 4.83. The molecule has 112 valence electrons. The first-order valence-corrected chi connectivity index (χ1v) is 8.57. The maximum atomic E-state index is 3.71. The predicted octanol–water partition coefficient (Wildman–Crippen LogP) is 4.72. The zero-order chi connectivity index (χ0) is 14.0. The maximum Gasteiger partial charge on any atom is -0.00153 e. The van der Waals surface area contributed by atoms with E-state index in [0.717, 1.165) is 29.6 Å². The van der Waals surface area contributed by atoms with Crippen molar-refractivity contribution in [1.29, 1.82) is 0 Å². The van der Waals surface area contributed by atoms with Crippen molar-refractivity contribution in [2.45, 2.75) is 66.7 Å². The molecule has 0 aromatic heterocycles. The molecule has 1 heteroatoms. The third-order valence-corrected chi connectivity index (χ3v) is 5.64. The van der Waals surface area contributed by atoms with E-state index in [1.54, 1.807) is 12.8 Å². The highest BCUT2D eigenvalue weighted by molar-refractivity contribution is 4.92. The summed E-state index contributed by atoms with van der Waals surface area (Å²) in [6.45, 7) is 14.3. The molecule has 19 heavy (non-hydrogen) atoms. The van der Waals surface area contributed by atoms with Crippen molar-refractivity contribution in [3.8, 4) is 0 Å². The summed E-state index contributed by atoms with van der Waals surface area (Å²) in [4.78, 5) is 0. The quantitative estimate of drug-likeness (QED) is 0.732. The Balaban J connectivity index is 1.84. The standard InChI is InChI=1S/C18H35N/c1-13(2)11-19-12-17(18(3,4)5)10-16-9-14-6-7-15(16)8-14/h13-17,19H,6-12H2,1-5H3. The van der Waals surface area contributed by atoms with E-state index in [2.05, 4.69) is 39.9 Å². The number of fused-ring (bicyclic) bond motifs is 2. The molecule has 4 atom stereocenters. The molecule has 2 fully saturated rings. The van der Waals surface area contributed by atoms with E-state index in [4.69, 9.17) is 0 Å². The fourth-order valence-electron chi connectivity index (χ4n) is 4.32. The van der Waals surface area contributed by atoms with Gasteiger partial charge in [-0.15, -0.1) is 0 Å². The van der Waals surface area contributed by atoms with E-state index in [9.17, 15) is 0 Å². The van der Waals surface area contributed by atoms with Gasteiger partial charge in [0, 0.05) is 0 Å². The Kier molecular flexibility index (Phi) is 4.98. The van der Waals surface area contributed by atoms with Crippen molar-refractivity contribution in [1.82, 2.24) is 5.32 Å². The minimum absolute atomic E-state index is 0.450. The second-order valence-electron chi connectivity index (χ2n) is 8.79. The number of nitrogens with one attached hydrogen (secondary N) is 1. The van der Waals surface area contributed by atoms with Gasteiger partial charge in [0.1, 0.15) is 0 Å². The van der Waals surface area contributed by atoms with E-state index in [0.29, 0.717) is 5.41 Å². The number of hydrogen-bond acceptors (Lipinski definition) is 1. The molecule has 2 bridgehead atoms. The van der Waals surface area contributed by atoms with Crippen LogP contribution in [0.4, 0.5) is 0 Å². The van der Waals surface area contributed by atoms with Gasteiger partial charge in [0.15, 0.2) is 0 Å². The van der Waals surface area contributed by atoms with Crippen LogP contribution in [0.3, 0.4) is 0 Å². The van der Waals surface area contributed by atoms with Crippen LogP contribution in [0, 0.1) is 35.0 Å². The second-order valence-corrected chi connectivity index (χ2v) is 8.79. The third-order valence-electron chi connectivity index (χ3n) is 5.64. The van der Waals surface area contributed by atoms with Crippen molar-refractivity contribution in [3.05, 3.63) is 0 Å². The van der Waals surface area contributed by atoms with Crippen LogP contribution < -0.4 is 5.32 Å². The molecule has 2 rings (SSSR count). The lowest BCUT2D eigenvalue weighted by Crippen LogP contribution is -2.35. The SMILES string of the molecule is CC(C)CNCC(CC1CC2CCC1C2)C(C)(C)C. The Morgan fingerprint density at radius 2 is 1.79 bits per heavy atom. The van der Waals surface area contributed by atoms with Gasteiger partial charge in [-0.3, -0.25) is 0 Å². The van der Waals surface area contributed by atoms with Crippen LogP contribution in [-0.2, 0) is 0 Å². The highest BCUT2D eigenvalue weighted by Crippen LogP contribution is 2.51. The van der Waals surface area contributed by atoms with Crippen LogP contribution in [0.2, 0.25) is 0 Å². The lowest BCUT2D eigenvalue weighted by Gasteiger charge is -2.35. The summed E-state index contributed by atoms with van der Waals surface area (Å²) >= 11 is 0. The molecule has 0 aliphatic heterocycles. The third kappa shape index (κ3) is 4.21. The maximum absolute atomic E-state index is 3.71. The molecule has 0 saturated heterocycles. The van der Waals surface area contributed by atoms with Crippen LogP contribution in [0.15, 0.2) is 0 Å². The first-order chi connectivity index (χ1) is 8.86. The fourth-order valence-corrected chi connectivity index (χ4v) is 4.32. The zero-order valence-electron chi connectivity index (χ0n) is 13.8. The largest absolute Gasteiger partial charge is 0.316 e. The smallest absolute Gasteiger partial charge is 0.00153 e. The van der Waals surface area contributed by atoms with Crippen molar-refractivity contribution >= 4 is 0 Å². The molecule has 2 saturated carbocycles. The van der Waals surface area contributed by atoms with Gasteiger partial charge < -0.3 is 5.32 Å². The molecule has 0 radical (unpaired) electrons. The first-order valence-electron chi connectivity index (χ1n) is 8.57. The molecule has 0 aromatic carbocycles. The minimum Gasteiger partial charge on any atom is -0.316 e. The molecule has 0 heterocycles. The second kappa shape index (κ2) is 6.16. The number of rotatable bonds is 6. The Morgan fingerprint density at radius 3 is 2.26 bits per heavy atom. The first kappa shape index (κ1) is 15.4. The van der Waals surface area contributed by atoms with Crippen LogP contribution in [0.25, 0.3) is 0 Å². The average molecular weight is 265 g/mol. The molecule has 0 spiro atoms. The van der Waals surface area contributed by atoms with Gasteiger partial charge in [-0.25, -0.2) is 0 Å². The predicted molar refractivity (Wildman–Crippen MR) is 84.2 cm³/mol. The molecule has 4 unspecified atom stereocenters. The van der Waals surface area contributed by atoms with Crippen molar-refractivity contribution in [2.75, 3.05) is 13.1 Å². The molecular weight excluding hydrogens is 230 g/mol. The summed E-state index contributed by atoms with van der Waals surface area (Å²) in [6.07, 6.45) is 7.64. The summed E-state index contributed by atoms with van der Waals surface area (Å²) in [5, 5.41) is 3.71. The average Bonchev–Trinajstić information content (AvgIpc) is 2.87. The van der Waals surface area contributed by atoms with E-state index < -0.39 is 0 Å². The topological polar surface area (TPSA) is 12.0 Å². The highest BCUT2D eigenvalue weighted by atomic mass is 14.9. The van der Waals surface area contributed by atoms with Gasteiger partial charge in [-0.05, 0) is 73.8 Å². The molecule has 1 N–H and O–H groups in total. The Bertz CT molecular complexity index is 276. The molecule has 2 aliphatic rings. The molecule has 2 aliphatic carbocycles. The van der Waals surface area contributed by atoms with Crippen molar-refractivity contribution in [3.63, 3.8) is 0 Å². The number of hydrogen-bond donors (Lipinski definition) is 1. The van der Waals surface area contributed by atoms with Crippen LogP contribution >= 0.6 is 0 Å². The normalized spacial score (nSPS) is 32.2. The van der Waals surface area contributed by atoms with Gasteiger partial charge in [0.25, 0.3) is 0 Å². The summed E-state index contributed by atoms with van der Waals surface area (Å²) < 4.78 is 0. The van der Waals surface area contributed by atoms with Crippen LogP contribution in [0.5, 0.6) is 0 Å². The molecular formula is C18H35N. The molecule has 0 aromatic rings. The Labute approximate surface area is 120 Å².